The van der Waals surface area contributed by atoms with Gasteiger partial charge in [0.2, 0.25) is 11.8 Å². The molecule has 0 aliphatic carbocycles. The summed E-state index contributed by atoms with van der Waals surface area (Å²) in [4.78, 5) is 32.7. The molecule has 0 spiro atoms. The van der Waals surface area contributed by atoms with Crippen molar-refractivity contribution in [1.29, 1.82) is 0 Å². The van der Waals surface area contributed by atoms with Crippen LogP contribution in [0.4, 0.5) is 11.4 Å². The average molecular weight is 409 g/mol. The normalized spacial score (nSPS) is 14.1. The highest BCUT2D eigenvalue weighted by atomic mass is 32.1. The van der Waals surface area contributed by atoms with Crippen molar-refractivity contribution in [2.75, 3.05) is 30.4 Å². The van der Waals surface area contributed by atoms with Crippen LogP contribution in [0.25, 0.3) is 10.2 Å². The van der Waals surface area contributed by atoms with Crippen LogP contribution in [0.2, 0.25) is 0 Å². The molecule has 0 bridgehead atoms. The smallest absolute Gasteiger partial charge is 0.227 e. The van der Waals surface area contributed by atoms with Gasteiger partial charge in [-0.25, -0.2) is 4.98 Å². The van der Waals surface area contributed by atoms with E-state index in [1.54, 1.807) is 16.2 Å². The van der Waals surface area contributed by atoms with Crippen molar-refractivity contribution in [2.45, 2.75) is 25.8 Å². The zero-order chi connectivity index (χ0) is 20.2. The zero-order valence-electron chi connectivity index (χ0n) is 16.4. The summed E-state index contributed by atoms with van der Waals surface area (Å²) < 4.78 is 1.19. The highest BCUT2D eigenvalue weighted by Gasteiger charge is 2.21. The molecule has 1 aliphatic heterocycles. The Bertz CT molecular complexity index is 982. The lowest BCUT2D eigenvalue weighted by Gasteiger charge is -2.16. The van der Waals surface area contributed by atoms with E-state index in [4.69, 9.17) is 0 Å². The third-order valence-corrected chi connectivity index (χ3v) is 6.02. The summed E-state index contributed by atoms with van der Waals surface area (Å²) in [7, 11) is 2.00. The van der Waals surface area contributed by atoms with Crippen LogP contribution in [0, 0.1) is 0 Å². The predicted octanol–water partition coefficient (Wildman–Crippen LogP) is 3.88. The number of aromatic nitrogens is 1. The molecule has 7 heteroatoms. The van der Waals surface area contributed by atoms with Gasteiger partial charge < -0.3 is 10.2 Å². The Hall–Kier alpha value is -2.77. The van der Waals surface area contributed by atoms with Crippen LogP contribution >= 0.6 is 11.3 Å². The molecule has 3 aromatic rings. The minimum Gasteiger partial charge on any atom is -0.326 e. The molecule has 0 radical (unpaired) electrons. The van der Waals surface area contributed by atoms with Crippen LogP contribution in [-0.4, -0.2) is 41.8 Å². The van der Waals surface area contributed by atoms with Crippen LogP contribution in [0.3, 0.4) is 0 Å². The molecule has 2 amide bonds. The van der Waals surface area contributed by atoms with E-state index in [-0.39, 0.29) is 11.8 Å². The van der Waals surface area contributed by atoms with Crippen LogP contribution in [0.1, 0.15) is 24.3 Å². The topological polar surface area (TPSA) is 65.5 Å². The first-order valence-electron chi connectivity index (χ1n) is 9.82. The fourth-order valence-corrected chi connectivity index (χ4v) is 4.51. The first kappa shape index (κ1) is 19.5. The Kier molecular flexibility index (Phi) is 5.87. The molecule has 150 valence electrons. The lowest BCUT2D eigenvalue weighted by Crippen LogP contribution is -2.24. The van der Waals surface area contributed by atoms with E-state index in [1.165, 1.54) is 4.70 Å². The summed E-state index contributed by atoms with van der Waals surface area (Å²) >= 11 is 1.69. The Morgan fingerprint density at radius 2 is 2.00 bits per heavy atom. The summed E-state index contributed by atoms with van der Waals surface area (Å²) in [6, 6.07) is 15.6. The molecule has 1 N–H and O–H groups in total. The number of hydrogen-bond donors (Lipinski definition) is 1. The van der Waals surface area contributed by atoms with Crippen molar-refractivity contribution in [3.05, 3.63) is 53.5 Å². The number of para-hydroxylation sites is 1. The molecule has 1 fully saturated rings. The number of anilines is 2. The van der Waals surface area contributed by atoms with Gasteiger partial charge in [0.1, 0.15) is 5.01 Å². The summed E-state index contributed by atoms with van der Waals surface area (Å²) in [5.74, 6) is 0.143. The maximum atomic E-state index is 12.3. The summed E-state index contributed by atoms with van der Waals surface area (Å²) in [5, 5.41) is 3.99. The summed E-state index contributed by atoms with van der Waals surface area (Å²) in [6.07, 6.45) is 1.93. The van der Waals surface area contributed by atoms with Crippen LogP contribution in [0.5, 0.6) is 0 Å². The van der Waals surface area contributed by atoms with Crippen molar-refractivity contribution in [3.8, 4) is 0 Å². The fraction of sp³-hybridized carbons (Fsp3) is 0.318. The van der Waals surface area contributed by atoms with E-state index >= 15 is 0 Å². The largest absolute Gasteiger partial charge is 0.326 e. The SMILES string of the molecule is CN(CCC(=O)Nc1ccc(N2CCCC2=O)cc1)Cc1nc2ccccc2s1. The van der Waals surface area contributed by atoms with Crippen molar-refractivity contribution < 1.29 is 9.59 Å². The Morgan fingerprint density at radius 1 is 1.21 bits per heavy atom. The van der Waals surface area contributed by atoms with Gasteiger partial charge in [-0.15, -0.1) is 11.3 Å². The second kappa shape index (κ2) is 8.71. The molecule has 6 nitrogen and oxygen atoms in total. The second-order valence-corrected chi connectivity index (χ2v) is 8.42. The number of carbonyl (C=O) groups is 2. The van der Waals surface area contributed by atoms with Crippen LogP contribution in [-0.2, 0) is 16.1 Å². The van der Waals surface area contributed by atoms with E-state index in [1.807, 2.05) is 49.5 Å². The number of fused-ring (bicyclic) bond motifs is 1. The fourth-order valence-electron chi connectivity index (χ4n) is 3.46. The van der Waals surface area contributed by atoms with Gasteiger partial charge in [-0.1, -0.05) is 12.1 Å². The molecular weight excluding hydrogens is 384 g/mol. The Morgan fingerprint density at radius 3 is 2.72 bits per heavy atom. The minimum atomic E-state index is -0.0221. The molecular formula is C22H24N4O2S. The molecule has 1 aromatic heterocycles. The first-order chi connectivity index (χ1) is 14.1. The predicted molar refractivity (Wildman–Crippen MR) is 117 cm³/mol. The van der Waals surface area contributed by atoms with Crippen molar-refractivity contribution in [2.24, 2.45) is 0 Å². The lowest BCUT2D eigenvalue weighted by molar-refractivity contribution is -0.117. The van der Waals surface area contributed by atoms with Crippen molar-refractivity contribution >= 4 is 44.7 Å². The van der Waals surface area contributed by atoms with Gasteiger partial charge in [-0.2, -0.15) is 0 Å². The van der Waals surface area contributed by atoms with E-state index in [0.29, 0.717) is 19.4 Å². The summed E-state index contributed by atoms with van der Waals surface area (Å²) in [6.45, 7) is 2.15. The zero-order valence-corrected chi connectivity index (χ0v) is 17.2. The Balaban J connectivity index is 1.25. The average Bonchev–Trinajstić information content (AvgIpc) is 3.32. The van der Waals surface area contributed by atoms with Crippen molar-refractivity contribution in [1.82, 2.24) is 9.88 Å². The quantitative estimate of drug-likeness (QED) is 0.644. The molecule has 0 unspecified atom stereocenters. The molecule has 1 aliphatic rings. The second-order valence-electron chi connectivity index (χ2n) is 7.31. The number of carbonyl (C=O) groups excluding carboxylic acids is 2. The highest BCUT2D eigenvalue weighted by Crippen LogP contribution is 2.24. The lowest BCUT2D eigenvalue weighted by atomic mass is 10.2. The van der Waals surface area contributed by atoms with Crippen LogP contribution in [0.15, 0.2) is 48.5 Å². The number of benzene rings is 2. The van der Waals surface area contributed by atoms with Gasteiger partial charge in [-0.3, -0.25) is 14.5 Å². The molecule has 0 atom stereocenters. The molecule has 4 rings (SSSR count). The number of hydrogen-bond acceptors (Lipinski definition) is 5. The number of amides is 2. The van der Waals surface area contributed by atoms with E-state index in [2.05, 4.69) is 21.3 Å². The maximum Gasteiger partial charge on any atom is 0.227 e. The summed E-state index contributed by atoms with van der Waals surface area (Å²) in [5.41, 5.74) is 2.66. The number of rotatable bonds is 7. The van der Waals surface area contributed by atoms with Gasteiger partial charge in [-0.05, 0) is 49.9 Å². The first-order valence-corrected chi connectivity index (χ1v) is 10.6. The number of nitrogens with one attached hydrogen (secondary N) is 1. The van der Waals surface area contributed by atoms with Gasteiger partial charge in [0.25, 0.3) is 0 Å². The monoisotopic (exact) mass is 408 g/mol. The number of nitrogens with zero attached hydrogens (tertiary/aromatic N) is 3. The minimum absolute atomic E-state index is 0.0221. The van der Waals surface area contributed by atoms with Crippen LogP contribution < -0.4 is 10.2 Å². The molecule has 1 saturated heterocycles. The van der Waals surface area contributed by atoms with E-state index < -0.39 is 0 Å². The van der Waals surface area contributed by atoms with Crippen molar-refractivity contribution in [3.63, 3.8) is 0 Å². The molecule has 0 saturated carbocycles. The third kappa shape index (κ3) is 4.81. The van der Waals surface area contributed by atoms with Gasteiger partial charge in [0, 0.05) is 37.3 Å². The van der Waals surface area contributed by atoms with E-state index in [9.17, 15) is 9.59 Å². The molecule has 29 heavy (non-hydrogen) atoms. The standard InChI is InChI=1S/C22H24N4O2S/c1-25(15-21-24-18-5-2-3-6-19(18)29-21)14-12-20(27)23-16-8-10-17(11-9-16)26-13-4-7-22(26)28/h2-3,5-6,8-11H,4,7,12-15H2,1H3,(H,23,27). The highest BCUT2D eigenvalue weighted by molar-refractivity contribution is 7.18. The molecule has 2 heterocycles. The third-order valence-electron chi connectivity index (χ3n) is 5.00. The number of thiazole rings is 1. The van der Waals surface area contributed by atoms with Gasteiger partial charge in [0.15, 0.2) is 0 Å². The maximum absolute atomic E-state index is 12.3. The van der Waals surface area contributed by atoms with E-state index in [0.717, 1.165) is 41.4 Å². The molecule has 2 aromatic carbocycles. The Labute approximate surface area is 174 Å². The van der Waals surface area contributed by atoms with Gasteiger partial charge in [0.05, 0.1) is 16.8 Å². The van der Waals surface area contributed by atoms with Gasteiger partial charge >= 0.3 is 0 Å².